The zero-order valence-electron chi connectivity index (χ0n) is 16.5. The Kier molecular flexibility index (Phi) is 8.79. The molecule has 0 saturated carbocycles. The highest BCUT2D eigenvalue weighted by molar-refractivity contribution is 5.95. The molecule has 1 unspecified atom stereocenters. The molecule has 5 N–H and O–H groups in total. The van der Waals surface area contributed by atoms with E-state index < -0.39 is 54.3 Å². The van der Waals surface area contributed by atoms with Gasteiger partial charge in [0, 0.05) is 0 Å². The van der Waals surface area contributed by atoms with Gasteiger partial charge in [-0.2, -0.15) is 13.2 Å². The van der Waals surface area contributed by atoms with Crippen molar-refractivity contribution < 1.29 is 47.3 Å². The number of benzene rings is 1. The molecule has 0 radical (unpaired) electrons. The Morgan fingerprint density at radius 2 is 1.68 bits per heavy atom. The Labute approximate surface area is 174 Å². The van der Waals surface area contributed by atoms with E-state index in [1.807, 2.05) is 5.32 Å². The Morgan fingerprint density at radius 3 is 2.16 bits per heavy atom. The van der Waals surface area contributed by atoms with Crippen LogP contribution in [0.4, 0.5) is 18.0 Å². The fourth-order valence-electron chi connectivity index (χ4n) is 2.11. The summed E-state index contributed by atoms with van der Waals surface area (Å²) in [6.07, 6.45) is -6.80. The molecule has 13 heteroatoms. The van der Waals surface area contributed by atoms with Gasteiger partial charge in [-0.25, -0.2) is 9.59 Å². The molecule has 0 aliphatic heterocycles. The van der Waals surface area contributed by atoms with Crippen LogP contribution in [0.1, 0.15) is 19.4 Å². The maximum Gasteiger partial charge on any atom is 0.420 e. The Morgan fingerprint density at radius 1 is 1.10 bits per heavy atom. The number of ether oxygens (including phenoxy) is 1. The van der Waals surface area contributed by atoms with Gasteiger partial charge in [-0.3, -0.25) is 14.9 Å². The third kappa shape index (κ3) is 7.13. The highest BCUT2D eigenvalue weighted by Crippen LogP contribution is 2.30. The van der Waals surface area contributed by atoms with Crippen molar-refractivity contribution in [1.29, 1.82) is 0 Å². The smallest absolute Gasteiger partial charge is 0.420 e. The summed E-state index contributed by atoms with van der Waals surface area (Å²) in [5, 5.41) is 22.7. The Balaban J connectivity index is 2.84. The van der Waals surface area contributed by atoms with Crippen LogP contribution >= 0.6 is 0 Å². The predicted octanol–water partition coefficient (Wildman–Crippen LogP) is 0.300. The first kappa shape index (κ1) is 25.7. The van der Waals surface area contributed by atoms with Crippen molar-refractivity contribution >= 4 is 23.9 Å². The van der Waals surface area contributed by atoms with Crippen LogP contribution in [-0.4, -0.2) is 64.5 Å². The van der Waals surface area contributed by atoms with Gasteiger partial charge >= 0.3 is 18.2 Å². The number of hydrogen-bond acceptors (Lipinski definition) is 6. The number of alkyl halides is 3. The van der Waals surface area contributed by atoms with Crippen molar-refractivity contribution in [2.24, 2.45) is 0 Å². The van der Waals surface area contributed by atoms with E-state index in [0.29, 0.717) is 12.5 Å². The van der Waals surface area contributed by atoms with Crippen LogP contribution in [0, 0.1) is 0 Å². The number of carbonyl (C=O) groups is 4. The molecule has 0 fully saturated rings. The molecule has 0 aliphatic carbocycles. The van der Waals surface area contributed by atoms with Crippen molar-refractivity contribution in [3.05, 3.63) is 35.9 Å². The number of carboxylic acid groups (broad SMARTS) is 1. The highest BCUT2D eigenvalue weighted by atomic mass is 19.4. The number of halogens is 3. The van der Waals surface area contributed by atoms with Crippen LogP contribution in [0.5, 0.6) is 0 Å². The highest BCUT2D eigenvalue weighted by Gasteiger charge is 2.58. The number of hydrogen-bond donors (Lipinski definition) is 5. The summed E-state index contributed by atoms with van der Waals surface area (Å²) >= 11 is 0. The summed E-state index contributed by atoms with van der Waals surface area (Å²) < 4.78 is 45.4. The van der Waals surface area contributed by atoms with Crippen molar-refractivity contribution in [2.75, 3.05) is 6.61 Å². The summed E-state index contributed by atoms with van der Waals surface area (Å²) in [6.45, 7) is 0.0497. The van der Waals surface area contributed by atoms with Gasteiger partial charge < -0.3 is 25.6 Å². The molecule has 0 aromatic heterocycles. The number of aliphatic hydroxyl groups excluding tert-OH is 1. The molecule has 10 nitrogen and oxygen atoms in total. The van der Waals surface area contributed by atoms with E-state index in [0.717, 1.165) is 6.92 Å². The molecular formula is C18H22F3N3O7. The standard InChI is InChI=1S/C18H22F3N3O7/c1-10(13(26)23-12(8-25)14(27)28)22-15(29)17(2,18(19,20)21)24-16(30)31-9-11-6-4-3-5-7-11/h3-7,10,12,25H,8-9H2,1-2H3,(H,22,29)(H,23,26)(H,24,30)(H,27,28)/t10-,12-,17?/m0/s1. The SMILES string of the molecule is C[C@H](NC(=O)C(C)(NC(=O)OCc1ccccc1)C(F)(F)F)C(=O)N[C@@H](CO)C(=O)O. The van der Waals surface area contributed by atoms with Crippen LogP contribution in [0.25, 0.3) is 0 Å². The van der Waals surface area contributed by atoms with Crippen molar-refractivity contribution in [1.82, 2.24) is 16.0 Å². The first-order chi connectivity index (χ1) is 14.3. The van der Waals surface area contributed by atoms with E-state index in [-0.39, 0.29) is 6.61 Å². The molecule has 0 saturated heterocycles. The molecule has 1 aromatic carbocycles. The number of carboxylic acids is 1. The molecule has 0 aliphatic rings. The zero-order chi connectivity index (χ0) is 23.8. The fraction of sp³-hybridized carbons (Fsp3) is 0.444. The number of carbonyl (C=O) groups excluding carboxylic acids is 3. The average molecular weight is 449 g/mol. The van der Waals surface area contributed by atoms with E-state index in [1.54, 1.807) is 35.6 Å². The molecule has 1 aromatic rings. The second kappa shape index (κ2) is 10.6. The third-order valence-corrected chi connectivity index (χ3v) is 4.12. The minimum Gasteiger partial charge on any atom is -0.480 e. The second-order valence-corrected chi connectivity index (χ2v) is 6.59. The van der Waals surface area contributed by atoms with Gasteiger partial charge in [0.25, 0.3) is 5.91 Å². The summed E-state index contributed by atoms with van der Waals surface area (Å²) in [5.74, 6) is -4.53. The molecule has 0 bridgehead atoms. The molecule has 31 heavy (non-hydrogen) atoms. The van der Waals surface area contributed by atoms with Gasteiger partial charge in [0.2, 0.25) is 11.4 Å². The zero-order valence-corrected chi connectivity index (χ0v) is 16.5. The van der Waals surface area contributed by atoms with Crippen LogP contribution < -0.4 is 16.0 Å². The number of nitrogens with one attached hydrogen (secondary N) is 3. The molecule has 3 amide bonds. The monoisotopic (exact) mass is 449 g/mol. The molecule has 0 spiro atoms. The van der Waals surface area contributed by atoms with Crippen LogP contribution in [0.2, 0.25) is 0 Å². The maximum absolute atomic E-state index is 13.6. The average Bonchev–Trinajstić information content (AvgIpc) is 2.69. The predicted molar refractivity (Wildman–Crippen MR) is 98.5 cm³/mol. The van der Waals surface area contributed by atoms with E-state index in [9.17, 15) is 32.3 Å². The molecule has 1 rings (SSSR count). The van der Waals surface area contributed by atoms with Crippen molar-refractivity contribution in [3.63, 3.8) is 0 Å². The van der Waals surface area contributed by atoms with Crippen molar-refractivity contribution in [3.8, 4) is 0 Å². The van der Waals surface area contributed by atoms with E-state index in [2.05, 4.69) is 0 Å². The van der Waals surface area contributed by atoms with Gasteiger partial charge in [0.05, 0.1) is 6.61 Å². The minimum absolute atomic E-state index is 0.348. The summed E-state index contributed by atoms with van der Waals surface area (Å²) in [5.41, 5.74) is -2.96. The van der Waals surface area contributed by atoms with E-state index >= 15 is 0 Å². The first-order valence-electron chi connectivity index (χ1n) is 8.82. The van der Waals surface area contributed by atoms with E-state index in [1.165, 1.54) is 5.32 Å². The largest absolute Gasteiger partial charge is 0.480 e. The molecule has 3 atom stereocenters. The third-order valence-electron chi connectivity index (χ3n) is 4.12. The first-order valence-corrected chi connectivity index (χ1v) is 8.82. The van der Waals surface area contributed by atoms with Crippen molar-refractivity contribution in [2.45, 2.75) is 44.3 Å². The van der Waals surface area contributed by atoms with Gasteiger partial charge in [-0.15, -0.1) is 0 Å². The lowest BCUT2D eigenvalue weighted by molar-refractivity contribution is -0.194. The topological polar surface area (TPSA) is 154 Å². The number of alkyl carbamates (subject to hydrolysis) is 1. The number of rotatable bonds is 9. The van der Waals surface area contributed by atoms with Crippen LogP contribution in [-0.2, 0) is 25.7 Å². The number of aliphatic hydroxyl groups is 1. The number of aliphatic carboxylic acids is 1. The normalized spacial score (nSPS) is 15.0. The Bertz CT molecular complexity index is 804. The lowest BCUT2D eigenvalue weighted by Crippen LogP contribution is -2.67. The van der Waals surface area contributed by atoms with Gasteiger partial charge in [-0.1, -0.05) is 30.3 Å². The lowest BCUT2D eigenvalue weighted by atomic mass is 10.00. The van der Waals surface area contributed by atoms with Gasteiger partial charge in [0.15, 0.2) is 0 Å². The lowest BCUT2D eigenvalue weighted by Gasteiger charge is -2.32. The summed E-state index contributed by atoms with van der Waals surface area (Å²) in [4.78, 5) is 46.9. The maximum atomic E-state index is 13.6. The summed E-state index contributed by atoms with van der Waals surface area (Å²) in [6, 6.07) is 4.74. The number of amides is 3. The fourth-order valence-corrected chi connectivity index (χ4v) is 2.11. The van der Waals surface area contributed by atoms with E-state index in [4.69, 9.17) is 14.9 Å². The molecular weight excluding hydrogens is 427 g/mol. The quantitative estimate of drug-likeness (QED) is 0.363. The summed E-state index contributed by atoms with van der Waals surface area (Å²) in [7, 11) is 0. The van der Waals surface area contributed by atoms with Gasteiger partial charge in [0.1, 0.15) is 18.7 Å². The van der Waals surface area contributed by atoms with Crippen LogP contribution in [0.3, 0.4) is 0 Å². The molecule has 0 heterocycles. The molecule has 172 valence electrons. The second-order valence-electron chi connectivity index (χ2n) is 6.59. The van der Waals surface area contributed by atoms with Gasteiger partial charge in [-0.05, 0) is 19.4 Å². The van der Waals surface area contributed by atoms with Crippen LogP contribution in [0.15, 0.2) is 30.3 Å². The minimum atomic E-state index is -5.27. The Hall–Kier alpha value is -3.35.